The molecule has 1 fully saturated rings. The predicted molar refractivity (Wildman–Crippen MR) is 164 cm³/mol. The van der Waals surface area contributed by atoms with Crippen molar-refractivity contribution in [2.45, 2.75) is 26.3 Å². The summed E-state index contributed by atoms with van der Waals surface area (Å²) in [6.45, 7) is 5.01. The molecule has 0 atom stereocenters. The minimum atomic E-state index is -4.40. The Hall–Kier alpha value is -5.30. The Morgan fingerprint density at radius 1 is 0.894 bits per heavy atom. The van der Waals surface area contributed by atoms with Crippen molar-refractivity contribution < 1.29 is 41.7 Å². The van der Waals surface area contributed by atoms with Crippen LogP contribution in [-0.4, -0.2) is 59.6 Å². The van der Waals surface area contributed by atoms with E-state index in [0.29, 0.717) is 66.9 Å². The number of anilines is 1. The highest BCUT2D eigenvalue weighted by Crippen LogP contribution is 2.33. The minimum absolute atomic E-state index is 0.113. The Morgan fingerprint density at radius 2 is 1.64 bits per heavy atom. The maximum absolute atomic E-state index is 12.9. The molecule has 2 aliphatic heterocycles. The zero-order valence-corrected chi connectivity index (χ0v) is 25.4. The molecule has 0 unspecified atom stereocenters. The lowest BCUT2D eigenvalue weighted by molar-refractivity contribution is -0.144. The lowest BCUT2D eigenvalue weighted by Crippen LogP contribution is -2.51. The van der Waals surface area contributed by atoms with Crippen LogP contribution in [0.4, 0.5) is 18.9 Å². The Balaban J connectivity index is 0.955. The number of ether oxygens (including phenoxy) is 4. The molecule has 13 heteroatoms. The fraction of sp³-hybridized carbons (Fsp3) is 0.265. The van der Waals surface area contributed by atoms with Gasteiger partial charge in [-0.3, -0.25) is 14.5 Å². The van der Waals surface area contributed by atoms with E-state index in [1.54, 1.807) is 48.4 Å². The number of aromatic nitrogens is 1. The third kappa shape index (κ3) is 7.93. The number of carbonyl (C=O) groups excluding carboxylic acids is 2. The molecule has 0 spiro atoms. The van der Waals surface area contributed by atoms with Gasteiger partial charge >= 0.3 is 18.0 Å². The van der Waals surface area contributed by atoms with Gasteiger partial charge in [-0.05, 0) is 78.7 Å². The van der Waals surface area contributed by atoms with E-state index in [0.717, 1.165) is 29.2 Å². The maximum Gasteiger partial charge on any atom is 0.416 e. The van der Waals surface area contributed by atoms with Gasteiger partial charge in [0.15, 0.2) is 11.5 Å². The summed E-state index contributed by atoms with van der Waals surface area (Å²) in [6.07, 6.45) is -2.86. The highest BCUT2D eigenvalue weighted by molar-refractivity contribution is 6.39. The second-order valence-electron chi connectivity index (χ2n) is 11.1. The van der Waals surface area contributed by atoms with Crippen molar-refractivity contribution in [1.29, 1.82) is 0 Å². The number of amides is 2. The molecular formula is C34H31F3N4O6. The van der Waals surface area contributed by atoms with Crippen LogP contribution >= 0.6 is 0 Å². The third-order valence-corrected chi connectivity index (χ3v) is 7.73. The van der Waals surface area contributed by atoms with Gasteiger partial charge in [0.2, 0.25) is 12.7 Å². The quantitative estimate of drug-likeness (QED) is 0.240. The number of hydrogen-bond acceptors (Lipinski definition) is 8. The van der Waals surface area contributed by atoms with E-state index in [1.165, 1.54) is 12.1 Å². The largest absolute Gasteiger partial charge is 0.489 e. The summed E-state index contributed by atoms with van der Waals surface area (Å²) in [4.78, 5) is 33.7. The van der Waals surface area contributed by atoms with Crippen LogP contribution in [-0.2, 0) is 28.9 Å². The van der Waals surface area contributed by atoms with Crippen molar-refractivity contribution in [3.8, 4) is 28.9 Å². The number of fused-ring (bicyclic) bond motifs is 1. The van der Waals surface area contributed by atoms with Crippen LogP contribution in [0.25, 0.3) is 0 Å². The average molecular weight is 649 g/mol. The normalized spacial score (nSPS) is 14.5. The highest BCUT2D eigenvalue weighted by atomic mass is 19.4. The fourth-order valence-electron chi connectivity index (χ4n) is 5.15. The number of aryl methyl sites for hydroxylation is 1. The number of rotatable bonds is 8. The summed E-state index contributed by atoms with van der Waals surface area (Å²) in [5.74, 6) is 1.31. The number of hydrogen-bond donors (Lipinski definition) is 1. The molecule has 244 valence electrons. The Morgan fingerprint density at radius 3 is 2.34 bits per heavy atom. The van der Waals surface area contributed by atoms with Crippen LogP contribution in [0, 0.1) is 6.92 Å². The second kappa shape index (κ2) is 13.6. The second-order valence-corrected chi connectivity index (χ2v) is 11.1. The number of nitrogens with zero attached hydrogens (tertiary/aromatic N) is 3. The third-order valence-electron chi connectivity index (χ3n) is 7.73. The Kier molecular flexibility index (Phi) is 9.16. The average Bonchev–Trinajstić information content (AvgIpc) is 3.53. The van der Waals surface area contributed by atoms with Crippen LogP contribution in [0.1, 0.15) is 22.3 Å². The van der Waals surface area contributed by atoms with E-state index < -0.39 is 23.6 Å². The first-order valence-electron chi connectivity index (χ1n) is 14.9. The maximum atomic E-state index is 12.9. The zero-order chi connectivity index (χ0) is 33.0. The van der Waals surface area contributed by atoms with Crippen LogP contribution in [0.5, 0.6) is 28.9 Å². The molecule has 3 aromatic carbocycles. The van der Waals surface area contributed by atoms with Crippen molar-refractivity contribution in [2.24, 2.45) is 0 Å². The van der Waals surface area contributed by atoms with Gasteiger partial charge in [0.1, 0.15) is 18.1 Å². The molecule has 0 radical (unpaired) electrons. The number of benzene rings is 3. The van der Waals surface area contributed by atoms with Gasteiger partial charge < -0.3 is 29.2 Å². The number of halogens is 3. The summed E-state index contributed by atoms with van der Waals surface area (Å²) in [5, 5.41) is 2.68. The summed E-state index contributed by atoms with van der Waals surface area (Å²) in [5.41, 5.74) is 2.21. The molecule has 0 bridgehead atoms. The molecule has 3 heterocycles. The van der Waals surface area contributed by atoms with Gasteiger partial charge in [-0.2, -0.15) is 13.2 Å². The molecule has 2 amide bonds. The number of piperazine rings is 1. The lowest BCUT2D eigenvalue weighted by atomic mass is 10.1. The molecule has 2 aliphatic rings. The van der Waals surface area contributed by atoms with Crippen molar-refractivity contribution in [3.63, 3.8) is 0 Å². The van der Waals surface area contributed by atoms with E-state index in [-0.39, 0.29) is 13.4 Å². The van der Waals surface area contributed by atoms with E-state index in [9.17, 15) is 22.8 Å². The van der Waals surface area contributed by atoms with Crippen LogP contribution in [0.3, 0.4) is 0 Å². The topological polar surface area (TPSA) is 102 Å². The van der Waals surface area contributed by atoms with Gasteiger partial charge in [-0.25, -0.2) is 4.98 Å². The first kappa shape index (κ1) is 31.7. The van der Waals surface area contributed by atoms with Gasteiger partial charge in [0.05, 0.1) is 5.56 Å². The van der Waals surface area contributed by atoms with E-state index in [2.05, 4.69) is 15.2 Å². The van der Waals surface area contributed by atoms with E-state index in [1.807, 2.05) is 18.2 Å². The van der Waals surface area contributed by atoms with Crippen LogP contribution in [0.2, 0.25) is 0 Å². The molecule has 0 saturated carbocycles. The molecule has 1 N–H and O–H groups in total. The van der Waals surface area contributed by atoms with Crippen molar-refractivity contribution in [3.05, 3.63) is 101 Å². The smallest absolute Gasteiger partial charge is 0.416 e. The molecular weight excluding hydrogens is 617 g/mol. The molecule has 0 aliphatic carbocycles. The highest BCUT2D eigenvalue weighted by Gasteiger charge is 2.30. The molecule has 4 aromatic rings. The molecule has 10 nitrogen and oxygen atoms in total. The van der Waals surface area contributed by atoms with E-state index in [4.69, 9.17) is 18.9 Å². The first-order valence-corrected chi connectivity index (χ1v) is 14.9. The van der Waals surface area contributed by atoms with Crippen LogP contribution < -0.4 is 24.3 Å². The molecule has 1 saturated heterocycles. The summed E-state index contributed by atoms with van der Waals surface area (Å²) in [6, 6.07) is 18.7. The minimum Gasteiger partial charge on any atom is -0.489 e. The molecule has 47 heavy (non-hydrogen) atoms. The number of carbonyl (C=O) groups is 2. The van der Waals surface area contributed by atoms with E-state index >= 15 is 0 Å². The van der Waals surface area contributed by atoms with Gasteiger partial charge in [0.25, 0.3) is 0 Å². The molecule has 6 rings (SSSR count). The van der Waals surface area contributed by atoms with Gasteiger partial charge in [-0.1, -0.05) is 6.07 Å². The van der Waals surface area contributed by atoms with Crippen molar-refractivity contribution in [1.82, 2.24) is 14.8 Å². The Labute approximate surface area is 268 Å². The Bertz CT molecular complexity index is 1740. The predicted octanol–water partition coefficient (Wildman–Crippen LogP) is 5.79. The summed E-state index contributed by atoms with van der Waals surface area (Å²) in [7, 11) is 0. The standard InChI is InChI=1S/C34H31F3N4O6/c1-22-16-26(39-32(42)33(43)41-14-12-40(13-15-41)19-23-2-9-29-30(17-23)46-21-45-29)6-10-28(22)47-31-11-3-24(18-38-31)20-44-27-7-4-25(5-8-27)34(35,36)37/h2-11,16-18H,12-15,19-21H2,1H3,(H,39,42). The fourth-order valence-corrected chi connectivity index (χ4v) is 5.15. The SMILES string of the molecule is Cc1cc(NC(=O)C(=O)N2CCN(Cc3ccc4c(c3)OCO4)CC2)ccc1Oc1ccc(COc2ccc(C(F)(F)F)cc2)cn1. The number of pyridine rings is 1. The van der Waals surface area contributed by atoms with Crippen molar-refractivity contribution >= 4 is 17.5 Å². The monoisotopic (exact) mass is 648 g/mol. The first-order chi connectivity index (χ1) is 22.6. The summed E-state index contributed by atoms with van der Waals surface area (Å²) >= 11 is 0. The lowest BCUT2D eigenvalue weighted by Gasteiger charge is -2.34. The number of alkyl halides is 3. The summed E-state index contributed by atoms with van der Waals surface area (Å²) < 4.78 is 60.5. The molecule has 1 aromatic heterocycles. The van der Waals surface area contributed by atoms with Crippen molar-refractivity contribution in [2.75, 3.05) is 38.3 Å². The zero-order valence-electron chi connectivity index (χ0n) is 25.4. The number of nitrogens with one attached hydrogen (secondary N) is 1. The van der Waals surface area contributed by atoms with Gasteiger partial charge in [-0.15, -0.1) is 0 Å². The van der Waals surface area contributed by atoms with Crippen LogP contribution in [0.15, 0.2) is 79.0 Å². The van der Waals surface area contributed by atoms with Gasteiger partial charge in [0, 0.05) is 56.2 Å².